The van der Waals surface area contributed by atoms with Crippen LogP contribution in [0.2, 0.25) is 0 Å². The molecule has 1 aromatic rings. The van der Waals surface area contributed by atoms with E-state index in [0.29, 0.717) is 11.8 Å². The Hall–Kier alpha value is -1.28. The van der Waals surface area contributed by atoms with Gasteiger partial charge in [0.05, 0.1) is 13.2 Å². The van der Waals surface area contributed by atoms with Crippen molar-refractivity contribution >= 4 is 0 Å². The molecule has 2 heteroatoms. The lowest BCUT2D eigenvalue weighted by molar-refractivity contribution is 0.0781. The van der Waals surface area contributed by atoms with Crippen LogP contribution in [0.3, 0.4) is 0 Å². The summed E-state index contributed by atoms with van der Waals surface area (Å²) in [5, 5.41) is 10.6. The summed E-state index contributed by atoms with van der Waals surface area (Å²) in [5.74, 6) is 3.01. The lowest BCUT2D eigenvalue weighted by atomic mass is 9.55. The number of aliphatic hydroxyl groups excluding tert-OH is 1. The zero-order chi connectivity index (χ0) is 16.2. The van der Waals surface area contributed by atoms with Crippen LogP contribution in [0.15, 0.2) is 29.8 Å². The molecule has 0 bridgehead atoms. The Kier molecular flexibility index (Phi) is 3.57. The first kappa shape index (κ1) is 15.3. The molecule has 0 radical (unpaired) electrons. The van der Waals surface area contributed by atoms with Crippen LogP contribution in [0.5, 0.6) is 5.75 Å². The van der Waals surface area contributed by atoms with Gasteiger partial charge >= 0.3 is 0 Å². The molecule has 1 N–H and O–H groups in total. The van der Waals surface area contributed by atoms with Gasteiger partial charge in [-0.25, -0.2) is 0 Å². The number of aryl methyl sites for hydroxylation is 1. The number of aliphatic hydroxyl groups is 1. The highest BCUT2D eigenvalue weighted by atomic mass is 16.5. The Morgan fingerprint density at radius 2 is 2.13 bits per heavy atom. The molecule has 4 rings (SSSR count). The van der Waals surface area contributed by atoms with Gasteiger partial charge in [0.15, 0.2) is 0 Å². The van der Waals surface area contributed by atoms with Crippen molar-refractivity contribution in [1.29, 1.82) is 0 Å². The standard InChI is InChI=1S/C21H28O2/c1-4-18-20(22)12-19-17-7-5-13-11-14(23-3)6-8-15(13)16(17)9-10-21(18,19)2/h4,6,8,11,16-17,19-20,22H,5,7,9-10,12H2,1-3H3/b18-4-/t16-,17-,19+,20+,21-/m1/s1. The quantitative estimate of drug-likeness (QED) is 0.775. The molecule has 0 amide bonds. The van der Waals surface area contributed by atoms with Crippen molar-refractivity contribution in [3.63, 3.8) is 0 Å². The first-order valence-corrected chi connectivity index (χ1v) is 9.10. The maximum absolute atomic E-state index is 10.6. The fraction of sp³-hybridized carbons (Fsp3) is 0.619. The van der Waals surface area contributed by atoms with E-state index < -0.39 is 0 Å². The molecule has 3 aliphatic carbocycles. The van der Waals surface area contributed by atoms with Crippen molar-refractivity contribution in [3.05, 3.63) is 41.0 Å². The summed E-state index contributed by atoms with van der Waals surface area (Å²) in [6.45, 7) is 4.50. The van der Waals surface area contributed by atoms with E-state index in [1.165, 1.54) is 30.4 Å². The second-order valence-electron chi connectivity index (χ2n) is 7.93. The van der Waals surface area contributed by atoms with Crippen molar-refractivity contribution < 1.29 is 9.84 Å². The van der Waals surface area contributed by atoms with Crippen LogP contribution >= 0.6 is 0 Å². The second-order valence-corrected chi connectivity index (χ2v) is 7.93. The van der Waals surface area contributed by atoms with Crippen LogP contribution in [-0.2, 0) is 6.42 Å². The number of methoxy groups -OCH3 is 1. The lowest BCUT2D eigenvalue weighted by Gasteiger charge is -2.49. The SMILES string of the molecule is C/C=C1/[C@@H](O)C[C@H]2[C@@H]3CCc4cc(OC)ccc4[C@H]3CC[C@]12C. The molecule has 0 spiro atoms. The first-order chi connectivity index (χ1) is 11.1. The van der Waals surface area contributed by atoms with Crippen molar-refractivity contribution in [1.82, 2.24) is 0 Å². The summed E-state index contributed by atoms with van der Waals surface area (Å²) < 4.78 is 5.40. The Morgan fingerprint density at radius 3 is 2.87 bits per heavy atom. The molecule has 2 nitrogen and oxygen atoms in total. The Labute approximate surface area is 139 Å². The maximum atomic E-state index is 10.6. The largest absolute Gasteiger partial charge is 0.497 e. The summed E-state index contributed by atoms with van der Waals surface area (Å²) >= 11 is 0. The van der Waals surface area contributed by atoms with Crippen LogP contribution < -0.4 is 4.74 Å². The summed E-state index contributed by atoms with van der Waals surface area (Å²) in [4.78, 5) is 0. The van der Waals surface area contributed by atoms with Gasteiger partial charge in [-0.2, -0.15) is 0 Å². The van der Waals surface area contributed by atoms with Gasteiger partial charge in [-0.1, -0.05) is 19.1 Å². The average Bonchev–Trinajstić information content (AvgIpc) is 2.83. The summed E-state index contributed by atoms with van der Waals surface area (Å²) in [7, 11) is 1.75. The summed E-state index contributed by atoms with van der Waals surface area (Å²) in [6, 6.07) is 6.66. The molecule has 3 aliphatic rings. The number of hydrogen-bond donors (Lipinski definition) is 1. The van der Waals surface area contributed by atoms with E-state index in [4.69, 9.17) is 4.74 Å². The predicted octanol–water partition coefficient (Wildman–Crippen LogP) is 4.47. The van der Waals surface area contributed by atoms with Crippen LogP contribution in [0.1, 0.15) is 56.6 Å². The van der Waals surface area contributed by atoms with Gasteiger partial charge in [0.25, 0.3) is 0 Å². The van der Waals surface area contributed by atoms with Gasteiger partial charge in [-0.05, 0) is 91.0 Å². The van der Waals surface area contributed by atoms with Gasteiger partial charge in [-0.15, -0.1) is 0 Å². The number of fused-ring (bicyclic) bond motifs is 5. The monoisotopic (exact) mass is 312 g/mol. The van der Waals surface area contributed by atoms with Gasteiger partial charge in [-0.3, -0.25) is 0 Å². The normalized spacial score (nSPS) is 40.4. The molecule has 1 aromatic carbocycles. The van der Waals surface area contributed by atoms with Crippen molar-refractivity contribution in [2.24, 2.45) is 17.3 Å². The zero-order valence-corrected chi connectivity index (χ0v) is 14.5. The van der Waals surface area contributed by atoms with E-state index in [9.17, 15) is 5.11 Å². The number of hydrogen-bond acceptors (Lipinski definition) is 2. The van der Waals surface area contributed by atoms with E-state index in [-0.39, 0.29) is 11.5 Å². The smallest absolute Gasteiger partial charge is 0.119 e. The lowest BCUT2D eigenvalue weighted by Crippen LogP contribution is -2.40. The predicted molar refractivity (Wildman–Crippen MR) is 92.8 cm³/mol. The van der Waals surface area contributed by atoms with Crippen LogP contribution in [0.25, 0.3) is 0 Å². The molecule has 0 saturated heterocycles. The third kappa shape index (κ3) is 2.11. The molecule has 23 heavy (non-hydrogen) atoms. The van der Waals surface area contributed by atoms with E-state index in [2.05, 4.69) is 38.1 Å². The van der Waals surface area contributed by atoms with Crippen LogP contribution in [0.4, 0.5) is 0 Å². The van der Waals surface area contributed by atoms with Crippen molar-refractivity contribution in [2.75, 3.05) is 7.11 Å². The third-order valence-corrected chi connectivity index (χ3v) is 7.13. The van der Waals surface area contributed by atoms with E-state index in [1.54, 1.807) is 12.7 Å². The van der Waals surface area contributed by atoms with Crippen molar-refractivity contribution in [2.45, 2.75) is 58.0 Å². The van der Waals surface area contributed by atoms with Gasteiger partial charge < -0.3 is 9.84 Å². The first-order valence-electron chi connectivity index (χ1n) is 9.10. The van der Waals surface area contributed by atoms with Crippen LogP contribution in [-0.4, -0.2) is 18.3 Å². The van der Waals surface area contributed by atoms with Gasteiger partial charge in [0.2, 0.25) is 0 Å². The highest BCUT2D eigenvalue weighted by Crippen LogP contribution is 2.62. The molecule has 2 fully saturated rings. The summed E-state index contributed by atoms with van der Waals surface area (Å²) in [5.41, 5.74) is 4.56. The Balaban J connectivity index is 1.70. The topological polar surface area (TPSA) is 29.5 Å². The van der Waals surface area contributed by atoms with Crippen molar-refractivity contribution in [3.8, 4) is 5.75 Å². The Bertz CT molecular complexity index is 647. The second kappa shape index (κ2) is 5.37. The highest BCUT2D eigenvalue weighted by Gasteiger charge is 2.55. The highest BCUT2D eigenvalue weighted by molar-refractivity contribution is 5.41. The third-order valence-electron chi connectivity index (χ3n) is 7.13. The van der Waals surface area contributed by atoms with E-state index >= 15 is 0 Å². The molecular weight excluding hydrogens is 284 g/mol. The number of benzene rings is 1. The van der Waals surface area contributed by atoms with Gasteiger partial charge in [0.1, 0.15) is 5.75 Å². The fourth-order valence-corrected chi connectivity index (χ4v) is 6.07. The molecule has 0 aliphatic heterocycles. The minimum Gasteiger partial charge on any atom is -0.497 e. The Morgan fingerprint density at radius 1 is 1.30 bits per heavy atom. The zero-order valence-electron chi connectivity index (χ0n) is 14.5. The minimum atomic E-state index is -0.217. The number of allylic oxidation sites excluding steroid dienone is 1. The summed E-state index contributed by atoms with van der Waals surface area (Å²) in [6.07, 6.45) is 7.81. The molecule has 0 heterocycles. The fourth-order valence-electron chi connectivity index (χ4n) is 6.07. The van der Waals surface area contributed by atoms with Crippen LogP contribution in [0, 0.1) is 17.3 Å². The molecule has 2 saturated carbocycles. The molecule has 0 aromatic heterocycles. The number of rotatable bonds is 1. The maximum Gasteiger partial charge on any atom is 0.119 e. The van der Waals surface area contributed by atoms with Gasteiger partial charge in [0, 0.05) is 0 Å². The number of ether oxygens (including phenoxy) is 1. The molecule has 0 unspecified atom stereocenters. The molecule has 124 valence electrons. The van der Waals surface area contributed by atoms with E-state index in [1.807, 2.05) is 0 Å². The molecular formula is C21H28O2. The van der Waals surface area contributed by atoms with E-state index in [0.717, 1.165) is 24.5 Å². The average molecular weight is 312 g/mol. The minimum absolute atomic E-state index is 0.217. The molecule has 5 atom stereocenters.